The standard InChI is InChI=1S/C14H18Cl2N2S/c1-9-5-2-3-7-11(9)17-14(19)18-12-8-4-6-10(15)13(12)16/h4,6,8-9,11H,2-3,5,7H2,1H3,(H2,17,18,19)/t9-,11-/m0/s1. The molecule has 1 fully saturated rings. The van der Waals surface area contributed by atoms with Gasteiger partial charge in [0, 0.05) is 6.04 Å². The highest BCUT2D eigenvalue weighted by molar-refractivity contribution is 7.80. The molecule has 0 heterocycles. The second kappa shape index (κ2) is 6.78. The fourth-order valence-electron chi connectivity index (χ4n) is 2.46. The van der Waals surface area contributed by atoms with E-state index in [-0.39, 0.29) is 0 Å². The predicted molar refractivity (Wildman–Crippen MR) is 87.2 cm³/mol. The van der Waals surface area contributed by atoms with Crippen LogP contribution in [0.25, 0.3) is 0 Å². The second-order valence-corrected chi connectivity index (χ2v) is 6.26. The molecule has 1 aromatic rings. The molecule has 19 heavy (non-hydrogen) atoms. The molecule has 104 valence electrons. The van der Waals surface area contributed by atoms with E-state index >= 15 is 0 Å². The summed E-state index contributed by atoms with van der Waals surface area (Å²) in [7, 11) is 0. The summed E-state index contributed by atoms with van der Waals surface area (Å²) in [5, 5.41) is 8.15. The van der Waals surface area contributed by atoms with Crippen molar-refractivity contribution < 1.29 is 0 Å². The van der Waals surface area contributed by atoms with Crippen molar-refractivity contribution in [2.75, 3.05) is 5.32 Å². The zero-order chi connectivity index (χ0) is 13.8. The van der Waals surface area contributed by atoms with Gasteiger partial charge < -0.3 is 10.6 Å². The predicted octanol–water partition coefficient (Wildman–Crippen LogP) is 4.86. The molecule has 2 rings (SSSR count). The van der Waals surface area contributed by atoms with Crippen molar-refractivity contribution in [1.82, 2.24) is 5.32 Å². The van der Waals surface area contributed by atoms with Crippen LogP contribution < -0.4 is 10.6 Å². The lowest BCUT2D eigenvalue weighted by Crippen LogP contribution is -2.43. The Hall–Kier alpha value is -0.510. The molecule has 2 atom stereocenters. The zero-order valence-corrected chi connectivity index (χ0v) is 13.2. The molecule has 5 heteroatoms. The molecular weight excluding hydrogens is 299 g/mol. The summed E-state index contributed by atoms with van der Waals surface area (Å²) < 4.78 is 0. The Morgan fingerprint density at radius 1 is 1.26 bits per heavy atom. The number of rotatable bonds is 2. The first-order chi connectivity index (χ1) is 9.08. The Morgan fingerprint density at radius 3 is 2.74 bits per heavy atom. The maximum absolute atomic E-state index is 6.13. The molecule has 2 N–H and O–H groups in total. The third-order valence-electron chi connectivity index (χ3n) is 3.63. The van der Waals surface area contributed by atoms with Gasteiger partial charge in [-0.2, -0.15) is 0 Å². The van der Waals surface area contributed by atoms with Crippen molar-refractivity contribution in [3.05, 3.63) is 28.2 Å². The lowest BCUT2D eigenvalue weighted by atomic mass is 9.86. The lowest BCUT2D eigenvalue weighted by molar-refractivity contribution is 0.309. The van der Waals surface area contributed by atoms with Crippen LogP contribution in [0.5, 0.6) is 0 Å². The van der Waals surface area contributed by atoms with Gasteiger partial charge in [0.2, 0.25) is 0 Å². The molecular formula is C14H18Cl2N2S. The van der Waals surface area contributed by atoms with Crippen molar-refractivity contribution in [3.8, 4) is 0 Å². The summed E-state index contributed by atoms with van der Waals surface area (Å²) in [6, 6.07) is 5.93. The molecule has 0 unspecified atom stereocenters. The summed E-state index contributed by atoms with van der Waals surface area (Å²) in [6.45, 7) is 2.27. The van der Waals surface area contributed by atoms with Crippen LogP contribution in [-0.2, 0) is 0 Å². The summed E-state index contributed by atoms with van der Waals surface area (Å²) in [4.78, 5) is 0. The van der Waals surface area contributed by atoms with Crippen molar-refractivity contribution in [3.63, 3.8) is 0 Å². The summed E-state index contributed by atoms with van der Waals surface area (Å²) in [6.07, 6.45) is 5.02. The van der Waals surface area contributed by atoms with E-state index < -0.39 is 0 Å². The van der Waals surface area contributed by atoms with Crippen molar-refractivity contribution in [2.45, 2.75) is 38.6 Å². The van der Waals surface area contributed by atoms with Gasteiger partial charge in [-0.05, 0) is 43.1 Å². The summed E-state index contributed by atoms with van der Waals surface area (Å²) in [5.74, 6) is 0.656. The van der Waals surface area contributed by atoms with E-state index in [2.05, 4.69) is 17.6 Å². The molecule has 0 bridgehead atoms. The van der Waals surface area contributed by atoms with Gasteiger partial charge in [0.25, 0.3) is 0 Å². The number of anilines is 1. The van der Waals surface area contributed by atoms with Gasteiger partial charge in [-0.1, -0.05) is 49.0 Å². The Balaban J connectivity index is 1.95. The van der Waals surface area contributed by atoms with Gasteiger partial charge >= 0.3 is 0 Å². The molecule has 0 aliphatic heterocycles. The minimum Gasteiger partial charge on any atom is -0.359 e. The number of benzene rings is 1. The molecule has 0 amide bonds. The van der Waals surface area contributed by atoms with Crippen molar-refractivity contribution >= 4 is 46.2 Å². The number of thiocarbonyl (C=S) groups is 1. The normalized spacial score (nSPS) is 22.9. The first-order valence-corrected chi connectivity index (χ1v) is 7.76. The van der Waals surface area contributed by atoms with E-state index in [0.29, 0.717) is 27.1 Å². The van der Waals surface area contributed by atoms with E-state index in [1.165, 1.54) is 25.7 Å². The highest BCUT2D eigenvalue weighted by Gasteiger charge is 2.21. The number of halogens is 2. The van der Waals surface area contributed by atoms with E-state index in [1.807, 2.05) is 12.1 Å². The van der Waals surface area contributed by atoms with Crippen molar-refractivity contribution in [1.29, 1.82) is 0 Å². The molecule has 0 spiro atoms. The van der Waals surface area contributed by atoms with Gasteiger partial charge in [-0.3, -0.25) is 0 Å². The summed E-state index contributed by atoms with van der Waals surface area (Å²) in [5.41, 5.74) is 0.745. The molecule has 1 aromatic carbocycles. The van der Waals surface area contributed by atoms with Crippen LogP contribution in [-0.4, -0.2) is 11.2 Å². The van der Waals surface area contributed by atoms with Crippen LogP contribution in [0.15, 0.2) is 18.2 Å². The van der Waals surface area contributed by atoms with Gasteiger partial charge in [0.1, 0.15) is 0 Å². The lowest BCUT2D eigenvalue weighted by Gasteiger charge is -2.30. The SMILES string of the molecule is C[C@H]1CCCC[C@@H]1NC(=S)Nc1cccc(Cl)c1Cl. The van der Waals surface area contributed by atoms with Crippen molar-refractivity contribution in [2.24, 2.45) is 5.92 Å². The number of hydrogen-bond donors (Lipinski definition) is 2. The second-order valence-electron chi connectivity index (χ2n) is 5.07. The molecule has 0 aromatic heterocycles. The van der Waals surface area contributed by atoms with Crippen LogP contribution in [0.2, 0.25) is 10.0 Å². The smallest absolute Gasteiger partial charge is 0.171 e. The number of hydrogen-bond acceptors (Lipinski definition) is 1. The van der Waals surface area contributed by atoms with Gasteiger partial charge in [0.05, 0.1) is 15.7 Å². The molecule has 1 saturated carbocycles. The van der Waals surface area contributed by atoms with E-state index in [4.69, 9.17) is 35.4 Å². The first kappa shape index (κ1) is 14.9. The van der Waals surface area contributed by atoms with Gasteiger partial charge in [-0.15, -0.1) is 0 Å². The first-order valence-electron chi connectivity index (χ1n) is 6.59. The van der Waals surface area contributed by atoms with Crippen LogP contribution in [0.4, 0.5) is 5.69 Å². The highest BCUT2D eigenvalue weighted by Crippen LogP contribution is 2.29. The quantitative estimate of drug-likeness (QED) is 0.762. The average molecular weight is 317 g/mol. The maximum atomic E-state index is 6.13. The Labute approximate surface area is 129 Å². The third kappa shape index (κ3) is 3.98. The van der Waals surface area contributed by atoms with Crippen LogP contribution in [0.1, 0.15) is 32.6 Å². The Morgan fingerprint density at radius 2 is 2.00 bits per heavy atom. The maximum Gasteiger partial charge on any atom is 0.171 e. The fourth-order valence-corrected chi connectivity index (χ4v) is 3.07. The monoisotopic (exact) mass is 316 g/mol. The minimum absolute atomic E-state index is 0.451. The highest BCUT2D eigenvalue weighted by atomic mass is 35.5. The molecule has 0 saturated heterocycles. The van der Waals surface area contributed by atoms with E-state index in [0.717, 1.165) is 5.69 Å². The third-order valence-corrected chi connectivity index (χ3v) is 4.67. The molecule has 0 radical (unpaired) electrons. The minimum atomic E-state index is 0.451. The molecule has 2 nitrogen and oxygen atoms in total. The summed E-state index contributed by atoms with van der Waals surface area (Å²) >= 11 is 17.5. The van der Waals surface area contributed by atoms with Gasteiger partial charge in [0.15, 0.2) is 5.11 Å². The van der Waals surface area contributed by atoms with Crippen LogP contribution in [0.3, 0.4) is 0 Å². The topological polar surface area (TPSA) is 24.1 Å². The van der Waals surface area contributed by atoms with Crippen LogP contribution in [0, 0.1) is 5.92 Å². The fraction of sp³-hybridized carbons (Fsp3) is 0.500. The van der Waals surface area contributed by atoms with Gasteiger partial charge in [-0.25, -0.2) is 0 Å². The average Bonchev–Trinajstić information content (AvgIpc) is 2.38. The van der Waals surface area contributed by atoms with Crippen LogP contribution >= 0.6 is 35.4 Å². The largest absolute Gasteiger partial charge is 0.359 e. The molecule has 1 aliphatic rings. The number of nitrogens with one attached hydrogen (secondary N) is 2. The Kier molecular flexibility index (Phi) is 5.31. The Bertz CT molecular complexity index is 465. The van der Waals surface area contributed by atoms with E-state index in [9.17, 15) is 0 Å². The zero-order valence-electron chi connectivity index (χ0n) is 10.9. The van der Waals surface area contributed by atoms with E-state index in [1.54, 1.807) is 6.07 Å². The molecule has 1 aliphatic carbocycles.